The summed E-state index contributed by atoms with van der Waals surface area (Å²) in [6.45, 7) is 1.31. The van der Waals surface area contributed by atoms with Gasteiger partial charge in [0.1, 0.15) is 0 Å². The molecule has 0 fully saturated rings. The van der Waals surface area contributed by atoms with Crippen LogP contribution in [0.4, 0.5) is 0 Å². The summed E-state index contributed by atoms with van der Waals surface area (Å²) >= 11 is 0. The highest BCUT2D eigenvalue weighted by molar-refractivity contribution is 7.47. The fourth-order valence-corrected chi connectivity index (χ4v) is 0.852. The van der Waals surface area contributed by atoms with E-state index >= 15 is 0 Å². The lowest BCUT2D eigenvalue weighted by molar-refractivity contribution is 0.134. The second-order valence-corrected chi connectivity index (χ2v) is 3.09. The van der Waals surface area contributed by atoms with Gasteiger partial charge in [-0.2, -0.15) is 4.99 Å². The van der Waals surface area contributed by atoms with Gasteiger partial charge in [-0.3, -0.25) is 9.05 Å². The van der Waals surface area contributed by atoms with Gasteiger partial charge >= 0.3 is 7.82 Å². The van der Waals surface area contributed by atoms with Crippen LogP contribution in [0.2, 0.25) is 0 Å². The number of hydrogen-bond donors (Lipinski definition) is 1. The highest BCUT2D eigenvalue weighted by atomic mass is 31.2. The molecule has 0 rings (SSSR count). The monoisotopic (exact) mass is 181 g/mol. The van der Waals surface area contributed by atoms with Crippen molar-refractivity contribution in [1.82, 2.24) is 0 Å². The topological polar surface area (TPSA) is 85.2 Å². The molecule has 2 unspecified atom stereocenters. The number of rotatable bonds is 4. The molecule has 6 nitrogen and oxygen atoms in total. The molecule has 0 aliphatic carbocycles. The van der Waals surface area contributed by atoms with Gasteiger partial charge < -0.3 is 4.89 Å². The Kier molecular flexibility index (Phi) is 4.18. The molecule has 0 heterocycles. The second-order valence-electron chi connectivity index (χ2n) is 1.58. The average molecular weight is 181 g/mol. The van der Waals surface area contributed by atoms with Crippen LogP contribution in [0.25, 0.3) is 0 Å². The van der Waals surface area contributed by atoms with Crippen molar-refractivity contribution in [3.63, 3.8) is 0 Å². The largest absolute Gasteiger partial charge is 0.473 e. The first kappa shape index (κ1) is 10.5. The molecule has 64 valence electrons. The minimum absolute atomic E-state index is 1.01. The first-order chi connectivity index (χ1) is 5.02. The number of nitrogens with zero attached hydrogens (tertiary/aromatic N) is 1. The molecule has 0 aromatic carbocycles. The van der Waals surface area contributed by atoms with E-state index in [0.717, 1.165) is 7.11 Å². The number of carbonyl (C=O) groups excluding carboxylic acids is 1. The maximum Gasteiger partial charge on any atom is 0.473 e. The lowest BCUT2D eigenvalue weighted by Gasteiger charge is -2.10. The van der Waals surface area contributed by atoms with Gasteiger partial charge in [0.15, 0.2) is 6.23 Å². The molecule has 0 bridgehead atoms. The molecule has 0 saturated carbocycles. The minimum atomic E-state index is -4.03. The Bertz CT molecular complexity index is 211. The lowest BCUT2D eigenvalue weighted by Crippen LogP contribution is -2.02. The summed E-state index contributed by atoms with van der Waals surface area (Å²) in [5.74, 6) is 0. The molecule has 0 aromatic rings. The van der Waals surface area contributed by atoms with Crippen molar-refractivity contribution < 1.29 is 23.3 Å². The Hall–Kier alpha value is -0.510. The van der Waals surface area contributed by atoms with E-state index in [-0.39, 0.29) is 0 Å². The van der Waals surface area contributed by atoms with Crippen LogP contribution < -0.4 is 0 Å². The zero-order valence-corrected chi connectivity index (χ0v) is 6.95. The van der Waals surface area contributed by atoms with E-state index in [1.54, 1.807) is 0 Å². The zero-order valence-electron chi connectivity index (χ0n) is 6.05. The van der Waals surface area contributed by atoms with Gasteiger partial charge in [0.05, 0.1) is 0 Å². The van der Waals surface area contributed by atoms with Crippen LogP contribution in [0.5, 0.6) is 0 Å². The molecule has 0 spiro atoms. The van der Waals surface area contributed by atoms with Crippen molar-refractivity contribution in [2.45, 2.75) is 13.2 Å². The highest BCUT2D eigenvalue weighted by Gasteiger charge is 2.21. The Balaban J connectivity index is 4.03. The Labute approximate surface area is 63.5 Å². The number of aliphatic imine (C=N–C) groups is 1. The summed E-state index contributed by atoms with van der Waals surface area (Å²) < 4.78 is 18.9. The van der Waals surface area contributed by atoms with E-state index in [1.165, 1.54) is 13.0 Å². The van der Waals surface area contributed by atoms with E-state index in [0.29, 0.717) is 0 Å². The van der Waals surface area contributed by atoms with Crippen LogP contribution in [-0.4, -0.2) is 24.3 Å². The first-order valence-corrected chi connectivity index (χ1v) is 4.15. The zero-order chi connectivity index (χ0) is 8.91. The van der Waals surface area contributed by atoms with Crippen LogP contribution in [0.1, 0.15) is 6.92 Å². The van der Waals surface area contributed by atoms with Gasteiger partial charge in [-0.1, -0.05) is 0 Å². The van der Waals surface area contributed by atoms with Crippen LogP contribution >= 0.6 is 7.82 Å². The fraction of sp³-hybridized carbons (Fsp3) is 0.750. The molecule has 0 aliphatic rings. The lowest BCUT2D eigenvalue weighted by atomic mass is 10.7. The molecule has 0 aliphatic heterocycles. The molecule has 0 saturated heterocycles. The van der Waals surface area contributed by atoms with Crippen molar-refractivity contribution in [2.24, 2.45) is 4.99 Å². The van der Waals surface area contributed by atoms with E-state index in [4.69, 9.17) is 4.89 Å². The van der Waals surface area contributed by atoms with Gasteiger partial charge in [-0.05, 0) is 6.92 Å². The Morgan fingerprint density at radius 1 is 1.73 bits per heavy atom. The second kappa shape index (κ2) is 4.38. The normalized spacial score (nSPS) is 18.1. The Morgan fingerprint density at radius 2 is 2.27 bits per heavy atom. The molecular formula is C4H8NO5P. The van der Waals surface area contributed by atoms with Crippen molar-refractivity contribution >= 4 is 13.9 Å². The van der Waals surface area contributed by atoms with E-state index in [1.807, 2.05) is 0 Å². The van der Waals surface area contributed by atoms with Gasteiger partial charge in [0.25, 0.3) is 0 Å². The third-order valence-corrected chi connectivity index (χ3v) is 1.78. The summed E-state index contributed by atoms with van der Waals surface area (Å²) in [7, 11) is -3.02. The molecule has 0 aromatic heterocycles. The quantitative estimate of drug-likeness (QED) is 0.386. The number of hydrogen-bond acceptors (Lipinski definition) is 5. The van der Waals surface area contributed by atoms with Crippen LogP contribution in [-0.2, 0) is 18.4 Å². The summed E-state index contributed by atoms with van der Waals surface area (Å²) in [6.07, 6.45) is 0.152. The van der Waals surface area contributed by atoms with Crippen molar-refractivity contribution in [1.29, 1.82) is 0 Å². The summed E-state index contributed by atoms with van der Waals surface area (Å²) in [5.41, 5.74) is 0. The van der Waals surface area contributed by atoms with Gasteiger partial charge in [0.2, 0.25) is 6.08 Å². The predicted octanol–water partition coefficient (Wildman–Crippen LogP) is 0.432. The number of phosphoric acid groups is 1. The maximum absolute atomic E-state index is 10.6. The maximum atomic E-state index is 10.6. The molecular weight excluding hydrogens is 173 g/mol. The molecule has 0 amide bonds. The van der Waals surface area contributed by atoms with Crippen LogP contribution in [0.15, 0.2) is 4.99 Å². The van der Waals surface area contributed by atoms with Gasteiger partial charge in [0, 0.05) is 7.11 Å². The van der Waals surface area contributed by atoms with Crippen molar-refractivity contribution in [2.75, 3.05) is 7.11 Å². The standard InChI is InChI=1S/C4H8NO5P/c1-4(5-3-6)10-11(7,8)9-2/h4H,1-2H3,(H,7,8). The van der Waals surface area contributed by atoms with E-state index < -0.39 is 14.1 Å². The molecule has 11 heavy (non-hydrogen) atoms. The molecule has 1 N–H and O–H groups in total. The predicted molar refractivity (Wildman–Crippen MR) is 35.5 cm³/mol. The van der Waals surface area contributed by atoms with E-state index in [9.17, 15) is 9.36 Å². The summed E-state index contributed by atoms with van der Waals surface area (Å²) in [6, 6.07) is 0. The summed E-state index contributed by atoms with van der Waals surface area (Å²) in [4.78, 5) is 21.3. The minimum Gasteiger partial charge on any atom is -0.302 e. The molecule has 2 atom stereocenters. The van der Waals surface area contributed by atoms with Crippen LogP contribution in [0.3, 0.4) is 0 Å². The first-order valence-electron chi connectivity index (χ1n) is 2.65. The molecule has 0 radical (unpaired) electrons. The fourth-order valence-electron chi connectivity index (χ4n) is 0.334. The number of phosphoric ester groups is 1. The van der Waals surface area contributed by atoms with E-state index in [2.05, 4.69) is 14.0 Å². The SMILES string of the molecule is COP(=O)(O)OC(C)N=C=O. The average Bonchev–Trinajstić information content (AvgIpc) is 1.87. The van der Waals surface area contributed by atoms with Crippen molar-refractivity contribution in [3.8, 4) is 0 Å². The smallest absolute Gasteiger partial charge is 0.302 e. The van der Waals surface area contributed by atoms with Gasteiger partial charge in [-0.25, -0.2) is 9.36 Å². The van der Waals surface area contributed by atoms with Crippen LogP contribution in [0, 0.1) is 0 Å². The highest BCUT2D eigenvalue weighted by Crippen LogP contribution is 2.43. The van der Waals surface area contributed by atoms with Gasteiger partial charge in [-0.15, -0.1) is 0 Å². The summed E-state index contributed by atoms with van der Waals surface area (Å²) in [5, 5.41) is 0. The number of isocyanates is 1. The molecule has 7 heteroatoms. The Morgan fingerprint density at radius 3 is 2.64 bits per heavy atom. The van der Waals surface area contributed by atoms with Crippen molar-refractivity contribution in [3.05, 3.63) is 0 Å². The third kappa shape index (κ3) is 4.84. The third-order valence-electron chi connectivity index (χ3n) is 0.751.